The van der Waals surface area contributed by atoms with Crippen LogP contribution >= 0.6 is 0 Å². The normalized spacial score (nSPS) is 11.7. The second kappa shape index (κ2) is 9.82. The van der Waals surface area contributed by atoms with Gasteiger partial charge in [-0.3, -0.25) is 4.79 Å². The van der Waals surface area contributed by atoms with E-state index in [1.54, 1.807) is 0 Å². The molecule has 5 nitrogen and oxygen atoms in total. The maximum absolute atomic E-state index is 13.0. The molecule has 30 heavy (non-hydrogen) atoms. The maximum atomic E-state index is 13.0. The van der Waals surface area contributed by atoms with Gasteiger partial charge in [0.1, 0.15) is 5.82 Å². The number of rotatable bonds is 9. The average Bonchev–Trinajstić information content (AvgIpc) is 2.74. The predicted molar refractivity (Wildman–Crippen MR) is 116 cm³/mol. The van der Waals surface area contributed by atoms with E-state index >= 15 is 0 Å². The summed E-state index contributed by atoms with van der Waals surface area (Å²) in [5, 5.41) is 5.25. The molecule has 1 amide bonds. The van der Waals surface area contributed by atoms with Crippen molar-refractivity contribution in [2.24, 2.45) is 0 Å². The first-order chi connectivity index (χ1) is 14.4. The summed E-state index contributed by atoms with van der Waals surface area (Å²) in [4.78, 5) is 12.1. The Morgan fingerprint density at radius 2 is 1.70 bits per heavy atom. The van der Waals surface area contributed by atoms with Gasteiger partial charge in [0.2, 0.25) is 15.9 Å². The second-order valence-electron chi connectivity index (χ2n) is 7.12. The lowest BCUT2D eigenvalue weighted by Crippen LogP contribution is -2.30. The van der Waals surface area contributed by atoms with Crippen LogP contribution < -0.4 is 5.32 Å². The summed E-state index contributed by atoms with van der Waals surface area (Å²) in [5.41, 5.74) is 1.18. The Hall–Kier alpha value is -2.77. The highest BCUT2D eigenvalue weighted by atomic mass is 32.2. The smallest absolute Gasteiger partial charge is 0.242 e. The molecule has 3 rings (SSSR count). The third-order valence-corrected chi connectivity index (χ3v) is 6.87. The monoisotopic (exact) mass is 428 g/mol. The summed E-state index contributed by atoms with van der Waals surface area (Å²) in [6, 6.07) is 19.0. The van der Waals surface area contributed by atoms with E-state index in [4.69, 9.17) is 0 Å². The van der Waals surface area contributed by atoms with Crippen molar-refractivity contribution in [3.8, 4) is 0 Å². The first-order valence-electron chi connectivity index (χ1n) is 9.83. The molecular weight excluding hydrogens is 403 g/mol. The fourth-order valence-corrected chi connectivity index (χ4v) is 4.51. The van der Waals surface area contributed by atoms with Crippen LogP contribution in [0.4, 0.5) is 4.39 Å². The van der Waals surface area contributed by atoms with Crippen LogP contribution in [0, 0.1) is 5.82 Å². The topological polar surface area (TPSA) is 66.5 Å². The summed E-state index contributed by atoms with van der Waals surface area (Å²) < 4.78 is 39.1. The number of amides is 1. The van der Waals surface area contributed by atoms with Gasteiger partial charge < -0.3 is 5.32 Å². The maximum Gasteiger partial charge on any atom is 0.242 e. The highest BCUT2D eigenvalue weighted by Gasteiger charge is 2.20. The van der Waals surface area contributed by atoms with Crippen molar-refractivity contribution in [1.82, 2.24) is 9.62 Å². The lowest BCUT2D eigenvalue weighted by molar-refractivity contribution is -0.121. The number of halogens is 1. The third kappa shape index (κ3) is 5.43. The van der Waals surface area contributed by atoms with E-state index in [1.165, 1.54) is 39.8 Å². The zero-order valence-electron chi connectivity index (χ0n) is 16.8. The Morgan fingerprint density at radius 3 is 2.47 bits per heavy atom. The number of benzene rings is 3. The predicted octanol–water partition coefficient (Wildman–Crippen LogP) is 3.74. The van der Waals surface area contributed by atoms with Crippen molar-refractivity contribution >= 4 is 26.7 Å². The van der Waals surface area contributed by atoms with Gasteiger partial charge >= 0.3 is 0 Å². The van der Waals surface area contributed by atoms with Crippen LogP contribution in [0.1, 0.15) is 18.4 Å². The largest absolute Gasteiger partial charge is 0.356 e. The molecule has 3 aromatic carbocycles. The van der Waals surface area contributed by atoms with E-state index in [0.29, 0.717) is 13.0 Å². The molecule has 0 saturated carbocycles. The molecule has 158 valence electrons. The van der Waals surface area contributed by atoms with E-state index in [2.05, 4.69) is 29.6 Å². The van der Waals surface area contributed by atoms with Crippen LogP contribution in [0.5, 0.6) is 0 Å². The van der Waals surface area contributed by atoms with Crippen molar-refractivity contribution in [3.63, 3.8) is 0 Å². The van der Waals surface area contributed by atoms with Gasteiger partial charge in [0.05, 0.1) is 4.90 Å². The Bertz CT molecular complexity index is 1110. The number of carbonyl (C=O) groups is 1. The van der Waals surface area contributed by atoms with E-state index in [-0.39, 0.29) is 23.8 Å². The molecule has 0 atom stereocenters. The zero-order chi connectivity index (χ0) is 21.6. The van der Waals surface area contributed by atoms with Gasteiger partial charge in [-0.1, -0.05) is 42.5 Å². The molecule has 0 radical (unpaired) electrons. The van der Waals surface area contributed by atoms with Gasteiger partial charge in [0.15, 0.2) is 0 Å². The van der Waals surface area contributed by atoms with Crippen LogP contribution in [0.2, 0.25) is 0 Å². The Labute approximate surface area is 176 Å². The average molecular weight is 429 g/mol. The van der Waals surface area contributed by atoms with Gasteiger partial charge in [0, 0.05) is 26.6 Å². The minimum absolute atomic E-state index is 0.0333. The van der Waals surface area contributed by atoms with Crippen molar-refractivity contribution in [3.05, 3.63) is 78.1 Å². The minimum atomic E-state index is -3.69. The number of nitrogens with zero attached hydrogens (tertiary/aromatic N) is 1. The lowest BCUT2D eigenvalue weighted by atomic mass is 10.0. The summed E-state index contributed by atoms with van der Waals surface area (Å²) in [6.45, 7) is 0.729. The van der Waals surface area contributed by atoms with Crippen LogP contribution in [0.15, 0.2) is 71.6 Å². The molecule has 0 heterocycles. The Morgan fingerprint density at radius 1 is 1.00 bits per heavy atom. The first-order valence-corrected chi connectivity index (χ1v) is 11.3. The molecular formula is C23H25FN2O3S. The standard InChI is InChI=1S/C23H25FN2O3S/c1-26(30(28,29)21-13-11-20(24)12-14-21)17-5-10-23(27)25-16-15-19-8-4-7-18-6-2-3-9-22(18)19/h2-4,6-9,11-14H,5,10,15-17H2,1H3,(H,25,27). The van der Waals surface area contributed by atoms with Crippen LogP contribution in [0.3, 0.4) is 0 Å². The van der Waals surface area contributed by atoms with E-state index in [9.17, 15) is 17.6 Å². The highest BCUT2D eigenvalue weighted by Crippen LogP contribution is 2.18. The number of hydrogen-bond donors (Lipinski definition) is 1. The summed E-state index contributed by atoms with van der Waals surface area (Å²) in [5.74, 6) is -0.598. The number of carbonyl (C=O) groups excluding carboxylic acids is 1. The number of sulfonamides is 1. The molecule has 0 saturated heterocycles. The first kappa shape index (κ1) is 21.9. The minimum Gasteiger partial charge on any atom is -0.356 e. The quantitative estimate of drug-likeness (QED) is 0.565. The van der Waals surface area contributed by atoms with Gasteiger partial charge in [-0.2, -0.15) is 0 Å². The van der Waals surface area contributed by atoms with Crippen molar-refractivity contribution in [1.29, 1.82) is 0 Å². The van der Waals surface area contributed by atoms with Crippen molar-refractivity contribution in [2.75, 3.05) is 20.1 Å². The second-order valence-corrected chi connectivity index (χ2v) is 9.17. The van der Waals surface area contributed by atoms with Gasteiger partial charge in [-0.15, -0.1) is 0 Å². The third-order valence-electron chi connectivity index (χ3n) is 5.00. The molecule has 0 aliphatic rings. The van der Waals surface area contributed by atoms with Crippen molar-refractivity contribution < 1.29 is 17.6 Å². The van der Waals surface area contributed by atoms with E-state index in [1.807, 2.05) is 18.2 Å². The van der Waals surface area contributed by atoms with Crippen LogP contribution in [0.25, 0.3) is 10.8 Å². The summed E-state index contributed by atoms with van der Waals surface area (Å²) >= 11 is 0. The fourth-order valence-electron chi connectivity index (χ4n) is 3.30. The molecule has 0 spiro atoms. The number of hydrogen-bond acceptors (Lipinski definition) is 3. The Kier molecular flexibility index (Phi) is 7.18. The summed E-state index contributed by atoms with van der Waals surface area (Å²) in [6.07, 6.45) is 1.36. The van der Waals surface area contributed by atoms with Crippen molar-refractivity contribution in [2.45, 2.75) is 24.2 Å². The fraction of sp³-hybridized carbons (Fsp3) is 0.261. The molecule has 0 bridgehead atoms. The van der Waals surface area contributed by atoms with Crippen LogP contribution in [-0.4, -0.2) is 38.8 Å². The Balaban J connectivity index is 1.44. The van der Waals surface area contributed by atoms with Crippen LogP contribution in [-0.2, 0) is 21.2 Å². The molecule has 0 aliphatic heterocycles. The molecule has 0 fully saturated rings. The molecule has 1 N–H and O–H groups in total. The van der Waals surface area contributed by atoms with E-state index in [0.717, 1.165) is 18.6 Å². The molecule has 3 aromatic rings. The van der Waals surface area contributed by atoms with E-state index < -0.39 is 15.8 Å². The van der Waals surface area contributed by atoms with Gasteiger partial charge in [-0.05, 0) is 53.4 Å². The number of nitrogens with one attached hydrogen (secondary N) is 1. The van der Waals surface area contributed by atoms with Gasteiger partial charge in [-0.25, -0.2) is 17.1 Å². The zero-order valence-corrected chi connectivity index (χ0v) is 17.7. The molecule has 0 aliphatic carbocycles. The highest BCUT2D eigenvalue weighted by molar-refractivity contribution is 7.89. The SMILES string of the molecule is CN(CCCC(=O)NCCc1cccc2ccccc12)S(=O)(=O)c1ccc(F)cc1. The van der Waals surface area contributed by atoms with Gasteiger partial charge in [0.25, 0.3) is 0 Å². The number of fused-ring (bicyclic) bond motifs is 1. The lowest BCUT2D eigenvalue weighted by Gasteiger charge is -2.17. The summed E-state index contributed by atoms with van der Waals surface area (Å²) in [7, 11) is -2.24. The molecule has 0 aromatic heterocycles. The molecule has 0 unspecified atom stereocenters. The molecule has 7 heteroatoms.